The predicted octanol–water partition coefficient (Wildman–Crippen LogP) is 2.35. The van der Waals surface area contributed by atoms with Gasteiger partial charge in [-0.15, -0.1) is 6.58 Å². The predicted molar refractivity (Wildman–Crippen MR) is 82.3 cm³/mol. The van der Waals surface area contributed by atoms with Crippen molar-refractivity contribution in [2.75, 3.05) is 6.54 Å². The minimum Gasteiger partial charge on any atom is -0.349 e. The molecule has 1 aliphatic carbocycles. The number of carbonyl (C=O) groups excluding carboxylic acids is 1. The van der Waals surface area contributed by atoms with E-state index >= 15 is 0 Å². The molecule has 0 aromatic heterocycles. The van der Waals surface area contributed by atoms with E-state index in [4.69, 9.17) is 23.2 Å². The summed E-state index contributed by atoms with van der Waals surface area (Å²) in [6.45, 7) is 3.73. The Bertz CT molecular complexity index is 685. The lowest BCUT2D eigenvalue weighted by molar-refractivity contribution is 0.0958. The number of hydrogen-bond acceptors (Lipinski definition) is 3. The zero-order valence-corrected chi connectivity index (χ0v) is 13.4. The molecule has 0 radical (unpaired) electrons. The number of hydrogen-bond donors (Lipinski definition) is 2. The zero-order chi connectivity index (χ0) is 15.6. The second kappa shape index (κ2) is 6.36. The lowest BCUT2D eigenvalue weighted by Crippen LogP contribution is -2.27. The summed E-state index contributed by atoms with van der Waals surface area (Å²) in [6.07, 6.45) is 3.11. The van der Waals surface area contributed by atoms with Gasteiger partial charge in [0.05, 0.1) is 15.6 Å². The lowest BCUT2D eigenvalue weighted by Gasteiger charge is -2.11. The molecular weight excluding hydrogens is 335 g/mol. The fourth-order valence-corrected chi connectivity index (χ4v) is 3.82. The van der Waals surface area contributed by atoms with Crippen LogP contribution in [0.5, 0.6) is 0 Å². The number of carbonyl (C=O) groups is 1. The molecule has 1 saturated carbocycles. The van der Waals surface area contributed by atoms with Gasteiger partial charge in [0.2, 0.25) is 10.0 Å². The van der Waals surface area contributed by atoms with Gasteiger partial charge in [0.15, 0.2) is 0 Å². The minimum atomic E-state index is -3.76. The molecule has 1 amide bonds. The maximum atomic E-state index is 12.2. The van der Waals surface area contributed by atoms with E-state index in [0.717, 1.165) is 12.8 Å². The van der Waals surface area contributed by atoms with Gasteiger partial charge in [-0.05, 0) is 25.0 Å². The van der Waals surface area contributed by atoms with Gasteiger partial charge in [-0.1, -0.05) is 29.3 Å². The summed E-state index contributed by atoms with van der Waals surface area (Å²) in [5.41, 5.74) is 0.0547. The number of benzene rings is 1. The minimum absolute atomic E-state index is 0.0200. The Kier molecular flexibility index (Phi) is 4.93. The number of amides is 1. The quantitative estimate of drug-likeness (QED) is 0.774. The Morgan fingerprint density at radius 2 is 2.00 bits per heavy atom. The van der Waals surface area contributed by atoms with Crippen LogP contribution in [0.25, 0.3) is 0 Å². The van der Waals surface area contributed by atoms with E-state index < -0.39 is 15.9 Å². The molecule has 1 aliphatic rings. The Labute approximate surface area is 133 Å². The van der Waals surface area contributed by atoms with Crippen molar-refractivity contribution in [3.8, 4) is 0 Å². The highest BCUT2D eigenvalue weighted by atomic mass is 35.5. The number of sulfonamides is 1. The van der Waals surface area contributed by atoms with Crippen LogP contribution in [0.4, 0.5) is 0 Å². The molecule has 21 heavy (non-hydrogen) atoms. The molecule has 0 atom stereocenters. The van der Waals surface area contributed by atoms with Crippen LogP contribution in [0.1, 0.15) is 23.2 Å². The third-order valence-corrected chi connectivity index (χ3v) is 5.16. The molecular formula is C13H14Cl2N2O3S. The van der Waals surface area contributed by atoms with Crippen molar-refractivity contribution in [2.45, 2.75) is 23.8 Å². The van der Waals surface area contributed by atoms with Gasteiger partial charge in [-0.2, -0.15) is 0 Å². The van der Waals surface area contributed by atoms with Crippen molar-refractivity contribution >= 4 is 39.1 Å². The third-order valence-electron chi connectivity index (χ3n) is 2.86. The molecule has 2 rings (SSSR count). The van der Waals surface area contributed by atoms with Gasteiger partial charge >= 0.3 is 0 Å². The first-order chi connectivity index (χ1) is 9.85. The van der Waals surface area contributed by atoms with Gasteiger partial charge in [0.1, 0.15) is 4.90 Å². The summed E-state index contributed by atoms with van der Waals surface area (Å²) < 4.78 is 26.9. The highest BCUT2D eigenvalue weighted by molar-refractivity contribution is 7.89. The molecule has 8 heteroatoms. The average Bonchev–Trinajstić information content (AvgIpc) is 3.18. The summed E-state index contributed by atoms with van der Waals surface area (Å²) in [5.74, 6) is -0.487. The first kappa shape index (κ1) is 16.3. The monoisotopic (exact) mass is 348 g/mol. The molecule has 0 bridgehead atoms. The van der Waals surface area contributed by atoms with Gasteiger partial charge in [-0.25, -0.2) is 13.1 Å². The Balaban J connectivity index is 2.37. The zero-order valence-electron chi connectivity index (χ0n) is 11.0. The van der Waals surface area contributed by atoms with Crippen molar-refractivity contribution in [2.24, 2.45) is 0 Å². The van der Waals surface area contributed by atoms with E-state index in [1.165, 1.54) is 18.2 Å². The Morgan fingerprint density at radius 3 is 2.57 bits per heavy atom. The topological polar surface area (TPSA) is 75.3 Å². The average molecular weight is 349 g/mol. The number of halogens is 2. The van der Waals surface area contributed by atoms with Crippen LogP contribution in [0.15, 0.2) is 29.7 Å². The molecule has 1 aromatic carbocycles. The molecule has 0 aliphatic heterocycles. The molecule has 1 fully saturated rings. The van der Waals surface area contributed by atoms with Crippen molar-refractivity contribution < 1.29 is 13.2 Å². The van der Waals surface area contributed by atoms with E-state index in [1.807, 2.05) is 0 Å². The molecule has 114 valence electrons. The molecule has 0 unspecified atom stereocenters. The molecule has 1 aromatic rings. The number of nitrogens with one attached hydrogen (secondary N) is 2. The van der Waals surface area contributed by atoms with Crippen LogP contribution in [0.3, 0.4) is 0 Å². The number of rotatable bonds is 6. The summed E-state index contributed by atoms with van der Waals surface area (Å²) in [4.78, 5) is 11.8. The summed E-state index contributed by atoms with van der Waals surface area (Å²) in [7, 11) is -3.76. The first-order valence-electron chi connectivity index (χ1n) is 6.25. The van der Waals surface area contributed by atoms with Crippen molar-refractivity contribution in [1.29, 1.82) is 0 Å². The Hall–Kier alpha value is -1.08. The molecule has 5 nitrogen and oxygen atoms in total. The smallest absolute Gasteiger partial charge is 0.253 e. The highest BCUT2D eigenvalue weighted by Gasteiger charge is 2.30. The van der Waals surface area contributed by atoms with E-state index in [-0.39, 0.29) is 33.1 Å². The van der Waals surface area contributed by atoms with Crippen LogP contribution in [0.2, 0.25) is 10.0 Å². The Morgan fingerprint density at radius 1 is 1.33 bits per heavy atom. The molecule has 0 saturated heterocycles. The van der Waals surface area contributed by atoms with Crippen LogP contribution in [-0.2, 0) is 10.0 Å². The second-order valence-electron chi connectivity index (χ2n) is 4.66. The summed E-state index contributed by atoms with van der Waals surface area (Å²) >= 11 is 11.9. The summed E-state index contributed by atoms with van der Waals surface area (Å²) in [6, 6.07) is 2.39. The lowest BCUT2D eigenvalue weighted by atomic mass is 10.2. The van der Waals surface area contributed by atoms with Crippen molar-refractivity contribution in [3.63, 3.8) is 0 Å². The highest BCUT2D eigenvalue weighted by Crippen LogP contribution is 2.30. The normalized spacial score (nSPS) is 14.8. The van der Waals surface area contributed by atoms with Crippen LogP contribution >= 0.6 is 23.2 Å². The fraction of sp³-hybridized carbons (Fsp3) is 0.308. The second-order valence-corrected chi connectivity index (χ2v) is 7.15. The maximum Gasteiger partial charge on any atom is 0.253 e. The summed E-state index contributed by atoms with van der Waals surface area (Å²) in [5, 5.41) is 2.61. The van der Waals surface area contributed by atoms with E-state index in [1.54, 1.807) is 0 Å². The molecule has 0 spiro atoms. The van der Waals surface area contributed by atoms with E-state index in [2.05, 4.69) is 16.6 Å². The standard InChI is InChI=1S/C13H14Cl2N2O3S/c1-2-5-16-13(18)9-6-12(11(15)7-10(9)14)21(19,20)17-8-3-4-8/h2,6-8,17H,1,3-5H2,(H,16,18). The maximum absolute atomic E-state index is 12.2. The fourth-order valence-electron chi connectivity index (χ4n) is 1.65. The van der Waals surface area contributed by atoms with Crippen LogP contribution < -0.4 is 10.0 Å². The molecule has 0 heterocycles. The first-order valence-corrected chi connectivity index (χ1v) is 8.49. The van der Waals surface area contributed by atoms with E-state index in [9.17, 15) is 13.2 Å². The van der Waals surface area contributed by atoms with Gasteiger partial charge in [0.25, 0.3) is 5.91 Å². The largest absolute Gasteiger partial charge is 0.349 e. The SMILES string of the molecule is C=CCNC(=O)c1cc(S(=O)(=O)NC2CC2)c(Cl)cc1Cl. The molecule has 2 N–H and O–H groups in total. The van der Waals surface area contributed by atoms with Crippen LogP contribution in [0, 0.1) is 0 Å². The van der Waals surface area contributed by atoms with Crippen LogP contribution in [-0.4, -0.2) is 26.9 Å². The van der Waals surface area contributed by atoms with Gasteiger partial charge in [-0.3, -0.25) is 4.79 Å². The third kappa shape index (κ3) is 3.97. The van der Waals surface area contributed by atoms with Crippen molar-refractivity contribution in [1.82, 2.24) is 10.0 Å². The van der Waals surface area contributed by atoms with Gasteiger partial charge in [0, 0.05) is 12.6 Å². The van der Waals surface area contributed by atoms with Gasteiger partial charge < -0.3 is 5.32 Å². The van der Waals surface area contributed by atoms with Crippen molar-refractivity contribution in [3.05, 3.63) is 40.4 Å². The van der Waals surface area contributed by atoms with E-state index in [0.29, 0.717) is 0 Å².